The van der Waals surface area contributed by atoms with Crippen LogP contribution in [0.2, 0.25) is 0 Å². The average Bonchev–Trinajstić information content (AvgIpc) is 2.28. The second-order valence-corrected chi connectivity index (χ2v) is 3.06. The summed E-state index contributed by atoms with van der Waals surface area (Å²) in [5, 5.41) is 0. The van der Waals surface area contributed by atoms with Crippen LogP contribution in [0.1, 0.15) is 0 Å². The molecular weight excluding hydrogens is 182 g/mol. The van der Waals surface area contributed by atoms with E-state index in [0.29, 0.717) is 6.54 Å². The fourth-order valence-electron chi connectivity index (χ4n) is 1.50. The van der Waals surface area contributed by atoms with E-state index in [0.717, 1.165) is 5.57 Å². The van der Waals surface area contributed by atoms with Crippen LogP contribution in [0.3, 0.4) is 0 Å². The Morgan fingerprint density at radius 1 is 1.36 bits per heavy atom. The van der Waals surface area contributed by atoms with Crippen LogP contribution in [0.25, 0.3) is 0 Å². The standard InChI is InChI=1S/C10H17NO3/c1-12-9-6-8(7-11)4-5-10(9,13-2)14-3/h4-6,9H,7,11H2,1-3H3. The smallest absolute Gasteiger partial charge is 0.218 e. The van der Waals surface area contributed by atoms with E-state index < -0.39 is 5.79 Å². The van der Waals surface area contributed by atoms with Gasteiger partial charge in [0.25, 0.3) is 0 Å². The van der Waals surface area contributed by atoms with Crippen molar-refractivity contribution in [2.75, 3.05) is 27.9 Å². The maximum absolute atomic E-state index is 5.53. The van der Waals surface area contributed by atoms with Gasteiger partial charge in [0.05, 0.1) is 0 Å². The van der Waals surface area contributed by atoms with Crippen LogP contribution in [0, 0.1) is 0 Å². The molecule has 0 spiro atoms. The molecule has 1 aliphatic carbocycles. The highest BCUT2D eigenvalue weighted by Gasteiger charge is 2.38. The molecule has 0 saturated carbocycles. The monoisotopic (exact) mass is 199 g/mol. The summed E-state index contributed by atoms with van der Waals surface area (Å²) in [6, 6.07) is 0. The Kier molecular flexibility index (Phi) is 3.83. The van der Waals surface area contributed by atoms with Crippen molar-refractivity contribution in [1.82, 2.24) is 0 Å². The van der Waals surface area contributed by atoms with Gasteiger partial charge in [-0.05, 0) is 17.7 Å². The number of hydrogen-bond acceptors (Lipinski definition) is 4. The first-order chi connectivity index (χ1) is 6.72. The van der Waals surface area contributed by atoms with E-state index in [2.05, 4.69) is 0 Å². The van der Waals surface area contributed by atoms with Crippen LogP contribution in [-0.2, 0) is 14.2 Å². The molecule has 0 saturated heterocycles. The highest BCUT2D eigenvalue weighted by atomic mass is 16.7. The Balaban J connectivity index is 2.92. The summed E-state index contributed by atoms with van der Waals surface area (Å²) in [5.41, 5.74) is 6.55. The molecule has 1 rings (SSSR count). The molecule has 1 aliphatic rings. The van der Waals surface area contributed by atoms with Crippen LogP contribution in [0.15, 0.2) is 23.8 Å². The van der Waals surface area contributed by atoms with E-state index in [4.69, 9.17) is 19.9 Å². The minimum atomic E-state index is -0.826. The second kappa shape index (κ2) is 4.70. The highest BCUT2D eigenvalue weighted by Crippen LogP contribution is 2.27. The van der Waals surface area contributed by atoms with Gasteiger partial charge in [0.2, 0.25) is 5.79 Å². The van der Waals surface area contributed by atoms with Crippen LogP contribution < -0.4 is 5.73 Å². The van der Waals surface area contributed by atoms with Gasteiger partial charge in [-0.1, -0.05) is 6.08 Å². The van der Waals surface area contributed by atoms with Crippen molar-refractivity contribution in [2.24, 2.45) is 5.73 Å². The molecule has 1 unspecified atom stereocenters. The number of hydrogen-bond donors (Lipinski definition) is 1. The van der Waals surface area contributed by atoms with E-state index in [1.807, 2.05) is 18.2 Å². The van der Waals surface area contributed by atoms with Crippen molar-refractivity contribution in [3.8, 4) is 0 Å². The summed E-state index contributed by atoms with van der Waals surface area (Å²) in [6.45, 7) is 0.486. The van der Waals surface area contributed by atoms with Gasteiger partial charge < -0.3 is 19.9 Å². The summed E-state index contributed by atoms with van der Waals surface area (Å²) in [5.74, 6) is -0.826. The van der Waals surface area contributed by atoms with Gasteiger partial charge in [-0.2, -0.15) is 0 Å². The Labute approximate surface area is 84.3 Å². The third-order valence-corrected chi connectivity index (χ3v) is 2.42. The molecular formula is C10H17NO3. The van der Waals surface area contributed by atoms with Crippen LogP contribution in [-0.4, -0.2) is 39.8 Å². The molecule has 14 heavy (non-hydrogen) atoms. The van der Waals surface area contributed by atoms with Crippen molar-refractivity contribution in [2.45, 2.75) is 11.9 Å². The summed E-state index contributed by atoms with van der Waals surface area (Å²) in [6.07, 6.45) is 5.36. The predicted molar refractivity (Wildman–Crippen MR) is 53.8 cm³/mol. The molecule has 0 amide bonds. The van der Waals surface area contributed by atoms with E-state index in [1.54, 1.807) is 21.3 Å². The minimum Gasteiger partial charge on any atom is -0.371 e. The topological polar surface area (TPSA) is 53.7 Å². The molecule has 1 atom stereocenters. The third-order valence-electron chi connectivity index (χ3n) is 2.42. The summed E-state index contributed by atoms with van der Waals surface area (Å²) in [4.78, 5) is 0. The number of ether oxygens (including phenoxy) is 3. The Bertz CT molecular complexity index is 244. The Morgan fingerprint density at radius 2 is 2.00 bits per heavy atom. The van der Waals surface area contributed by atoms with E-state index in [9.17, 15) is 0 Å². The molecule has 0 radical (unpaired) electrons. The summed E-state index contributed by atoms with van der Waals surface area (Å²) >= 11 is 0. The van der Waals surface area contributed by atoms with Crippen molar-refractivity contribution in [3.63, 3.8) is 0 Å². The van der Waals surface area contributed by atoms with Gasteiger partial charge in [-0.3, -0.25) is 0 Å². The molecule has 0 aromatic rings. The molecule has 0 aliphatic heterocycles. The first kappa shape index (κ1) is 11.4. The molecule has 4 heteroatoms. The third kappa shape index (κ3) is 1.88. The maximum atomic E-state index is 5.53. The fourth-order valence-corrected chi connectivity index (χ4v) is 1.50. The number of nitrogens with two attached hydrogens (primary N) is 1. The van der Waals surface area contributed by atoms with Gasteiger partial charge in [0, 0.05) is 27.9 Å². The lowest BCUT2D eigenvalue weighted by Gasteiger charge is -2.35. The summed E-state index contributed by atoms with van der Waals surface area (Å²) in [7, 11) is 4.78. The van der Waals surface area contributed by atoms with Crippen molar-refractivity contribution >= 4 is 0 Å². The lowest BCUT2D eigenvalue weighted by Crippen LogP contribution is -2.46. The normalized spacial score (nSPS) is 24.9. The minimum absolute atomic E-state index is 0.263. The first-order valence-electron chi connectivity index (χ1n) is 4.45. The van der Waals surface area contributed by atoms with Gasteiger partial charge in [-0.15, -0.1) is 0 Å². The van der Waals surface area contributed by atoms with E-state index >= 15 is 0 Å². The van der Waals surface area contributed by atoms with Gasteiger partial charge in [0.1, 0.15) is 6.10 Å². The zero-order valence-electron chi connectivity index (χ0n) is 8.82. The molecule has 4 nitrogen and oxygen atoms in total. The first-order valence-corrected chi connectivity index (χ1v) is 4.45. The van der Waals surface area contributed by atoms with Gasteiger partial charge in [-0.25, -0.2) is 0 Å². The lowest BCUT2D eigenvalue weighted by molar-refractivity contribution is -0.221. The zero-order valence-corrected chi connectivity index (χ0v) is 8.82. The van der Waals surface area contributed by atoms with Crippen molar-refractivity contribution in [1.29, 1.82) is 0 Å². The molecule has 0 aromatic heterocycles. The number of rotatable bonds is 4. The van der Waals surface area contributed by atoms with E-state index in [1.165, 1.54) is 0 Å². The zero-order chi connectivity index (χ0) is 10.6. The highest BCUT2D eigenvalue weighted by molar-refractivity contribution is 5.30. The van der Waals surface area contributed by atoms with Crippen LogP contribution in [0.5, 0.6) is 0 Å². The molecule has 0 bridgehead atoms. The lowest BCUT2D eigenvalue weighted by atomic mass is 9.99. The molecule has 80 valence electrons. The average molecular weight is 199 g/mol. The second-order valence-electron chi connectivity index (χ2n) is 3.06. The quantitative estimate of drug-likeness (QED) is 0.668. The number of methoxy groups -OCH3 is 3. The Morgan fingerprint density at radius 3 is 2.43 bits per heavy atom. The molecule has 2 N–H and O–H groups in total. The van der Waals surface area contributed by atoms with Crippen molar-refractivity contribution in [3.05, 3.63) is 23.8 Å². The van der Waals surface area contributed by atoms with Gasteiger partial charge >= 0.3 is 0 Å². The summed E-state index contributed by atoms with van der Waals surface area (Å²) < 4.78 is 15.9. The Hall–Kier alpha value is -0.680. The molecule has 0 fully saturated rings. The SMILES string of the molecule is COC1C=C(CN)C=CC1(OC)OC. The predicted octanol–water partition coefficient (Wildman–Crippen LogP) is 0.445. The van der Waals surface area contributed by atoms with Gasteiger partial charge in [0.15, 0.2) is 0 Å². The molecule has 0 heterocycles. The van der Waals surface area contributed by atoms with Crippen LogP contribution in [0.4, 0.5) is 0 Å². The van der Waals surface area contributed by atoms with E-state index in [-0.39, 0.29) is 6.10 Å². The maximum Gasteiger partial charge on any atom is 0.218 e. The largest absolute Gasteiger partial charge is 0.371 e. The van der Waals surface area contributed by atoms with Crippen molar-refractivity contribution < 1.29 is 14.2 Å². The van der Waals surface area contributed by atoms with Crippen LogP contribution >= 0.6 is 0 Å². The molecule has 0 aromatic carbocycles. The fraction of sp³-hybridized carbons (Fsp3) is 0.600.